The molecular weight excluding hydrogens is 246 g/mol. The zero-order chi connectivity index (χ0) is 14.0. The van der Waals surface area contributed by atoms with Crippen molar-refractivity contribution in [2.75, 3.05) is 6.54 Å². The lowest BCUT2D eigenvalue weighted by molar-refractivity contribution is 0.0600. The molecule has 19 heavy (non-hydrogen) atoms. The van der Waals surface area contributed by atoms with Gasteiger partial charge in [0.05, 0.1) is 5.56 Å². The van der Waals surface area contributed by atoms with Gasteiger partial charge in [0.25, 0.3) is 5.91 Å². The zero-order valence-electron chi connectivity index (χ0n) is 11.3. The van der Waals surface area contributed by atoms with Crippen molar-refractivity contribution in [2.24, 2.45) is 5.92 Å². The van der Waals surface area contributed by atoms with Gasteiger partial charge in [-0.15, -0.1) is 0 Å². The van der Waals surface area contributed by atoms with E-state index in [9.17, 15) is 9.59 Å². The second-order valence-electron chi connectivity index (χ2n) is 5.35. The second kappa shape index (κ2) is 5.47. The first-order valence-corrected chi connectivity index (χ1v) is 6.62. The highest BCUT2D eigenvalue weighted by Gasteiger charge is 2.28. The fourth-order valence-corrected chi connectivity index (χ4v) is 2.18. The number of hydrogen-bond acceptors (Lipinski definition) is 3. The van der Waals surface area contributed by atoms with Crippen LogP contribution in [0.5, 0.6) is 0 Å². The lowest BCUT2D eigenvalue weighted by Gasteiger charge is -2.34. The molecule has 2 rings (SSSR count). The molecule has 0 unspecified atom stereocenters. The van der Waals surface area contributed by atoms with E-state index >= 15 is 0 Å². The van der Waals surface area contributed by atoms with Gasteiger partial charge in [-0.25, -0.2) is 4.79 Å². The van der Waals surface area contributed by atoms with Crippen molar-refractivity contribution >= 4 is 11.9 Å². The summed E-state index contributed by atoms with van der Waals surface area (Å²) in [6.45, 7) is 4.63. The normalized spacial score (nSPS) is 15.3. The van der Waals surface area contributed by atoms with E-state index < -0.39 is 5.97 Å². The van der Waals surface area contributed by atoms with Crippen LogP contribution in [-0.4, -0.2) is 34.5 Å². The predicted octanol–water partition coefficient (Wildman–Crippen LogP) is 2.63. The number of carbonyl (C=O) groups excluding carboxylic acids is 1. The number of rotatable bonds is 5. The molecule has 1 fully saturated rings. The monoisotopic (exact) mass is 265 g/mol. The number of amides is 1. The van der Waals surface area contributed by atoms with E-state index in [0.29, 0.717) is 5.92 Å². The van der Waals surface area contributed by atoms with Crippen molar-refractivity contribution in [2.45, 2.75) is 39.2 Å². The molecule has 1 amide bonds. The summed E-state index contributed by atoms with van der Waals surface area (Å²) < 4.78 is 5.08. The molecule has 0 radical (unpaired) electrons. The number of aromatic carboxylic acids is 1. The van der Waals surface area contributed by atoms with E-state index in [-0.39, 0.29) is 23.3 Å². The molecule has 1 aromatic heterocycles. The standard InChI is InChI=1S/C14H19NO4/c1-9(2)15(7-10-4-3-5-10)13(16)12-6-11(8-19-12)14(17)18/h6,8-10H,3-5,7H2,1-2H3,(H,17,18). The van der Waals surface area contributed by atoms with Crippen LogP contribution in [0.4, 0.5) is 0 Å². The first kappa shape index (κ1) is 13.6. The molecule has 1 aliphatic rings. The molecule has 0 saturated heterocycles. The average Bonchev–Trinajstić information content (AvgIpc) is 2.75. The fourth-order valence-electron chi connectivity index (χ4n) is 2.18. The van der Waals surface area contributed by atoms with E-state index in [4.69, 9.17) is 9.52 Å². The van der Waals surface area contributed by atoms with Gasteiger partial charge in [0.15, 0.2) is 5.76 Å². The summed E-state index contributed by atoms with van der Waals surface area (Å²) in [5.74, 6) is -0.641. The Kier molecular flexibility index (Phi) is 3.93. The minimum atomic E-state index is -1.09. The van der Waals surface area contributed by atoms with Gasteiger partial charge in [-0.3, -0.25) is 4.79 Å². The summed E-state index contributed by atoms with van der Waals surface area (Å²) in [4.78, 5) is 24.9. The largest absolute Gasteiger partial charge is 0.478 e. The van der Waals surface area contributed by atoms with Gasteiger partial charge in [-0.2, -0.15) is 0 Å². The maximum Gasteiger partial charge on any atom is 0.338 e. The molecular formula is C14H19NO4. The molecule has 0 bridgehead atoms. The van der Waals surface area contributed by atoms with Crippen LogP contribution in [0, 0.1) is 5.92 Å². The Morgan fingerprint density at radius 2 is 2.16 bits per heavy atom. The van der Waals surface area contributed by atoms with Crippen molar-refractivity contribution in [1.82, 2.24) is 4.90 Å². The van der Waals surface area contributed by atoms with Gasteiger partial charge < -0.3 is 14.4 Å². The van der Waals surface area contributed by atoms with E-state index in [0.717, 1.165) is 25.6 Å². The SMILES string of the molecule is CC(C)N(CC1CCC1)C(=O)c1cc(C(=O)O)co1. The Balaban J connectivity index is 2.10. The predicted molar refractivity (Wildman–Crippen MR) is 69.2 cm³/mol. The van der Waals surface area contributed by atoms with Gasteiger partial charge >= 0.3 is 5.97 Å². The van der Waals surface area contributed by atoms with Crippen molar-refractivity contribution in [1.29, 1.82) is 0 Å². The van der Waals surface area contributed by atoms with E-state index in [2.05, 4.69) is 0 Å². The Labute approximate surface area is 112 Å². The number of nitrogens with zero attached hydrogens (tertiary/aromatic N) is 1. The smallest absolute Gasteiger partial charge is 0.338 e. The number of carbonyl (C=O) groups is 2. The van der Waals surface area contributed by atoms with Crippen LogP contribution in [0.1, 0.15) is 54.0 Å². The molecule has 5 heteroatoms. The molecule has 0 aliphatic heterocycles. The maximum atomic E-state index is 12.3. The Bertz CT molecular complexity index is 474. The first-order chi connectivity index (χ1) is 8.99. The topological polar surface area (TPSA) is 70.8 Å². The summed E-state index contributed by atoms with van der Waals surface area (Å²) >= 11 is 0. The van der Waals surface area contributed by atoms with Gasteiger partial charge in [0.2, 0.25) is 0 Å². The minimum absolute atomic E-state index is 0.00991. The van der Waals surface area contributed by atoms with E-state index in [1.54, 1.807) is 4.90 Å². The van der Waals surface area contributed by atoms with Crippen molar-refractivity contribution in [3.05, 3.63) is 23.7 Å². The third-order valence-corrected chi connectivity index (χ3v) is 3.62. The van der Waals surface area contributed by atoms with Crippen LogP contribution in [-0.2, 0) is 0 Å². The van der Waals surface area contributed by atoms with E-state index in [1.165, 1.54) is 12.5 Å². The number of carboxylic acid groups (broad SMARTS) is 1. The van der Waals surface area contributed by atoms with Crippen molar-refractivity contribution in [3.8, 4) is 0 Å². The van der Waals surface area contributed by atoms with Crippen LogP contribution < -0.4 is 0 Å². The lowest BCUT2D eigenvalue weighted by atomic mass is 9.85. The Hall–Kier alpha value is -1.78. The zero-order valence-corrected chi connectivity index (χ0v) is 11.3. The summed E-state index contributed by atoms with van der Waals surface area (Å²) in [6.07, 6.45) is 4.66. The van der Waals surface area contributed by atoms with Crippen LogP contribution in [0.2, 0.25) is 0 Å². The molecule has 0 aromatic carbocycles. The van der Waals surface area contributed by atoms with Gasteiger partial charge in [0, 0.05) is 18.7 Å². The highest BCUT2D eigenvalue weighted by molar-refractivity contribution is 5.95. The Morgan fingerprint density at radius 1 is 1.47 bits per heavy atom. The summed E-state index contributed by atoms with van der Waals surface area (Å²) in [5.41, 5.74) is 0.00991. The minimum Gasteiger partial charge on any atom is -0.478 e. The third kappa shape index (κ3) is 2.97. The fraction of sp³-hybridized carbons (Fsp3) is 0.571. The first-order valence-electron chi connectivity index (χ1n) is 6.62. The summed E-state index contributed by atoms with van der Waals surface area (Å²) in [6, 6.07) is 1.37. The molecule has 1 heterocycles. The van der Waals surface area contributed by atoms with Gasteiger partial charge in [-0.1, -0.05) is 6.42 Å². The summed E-state index contributed by atoms with van der Waals surface area (Å²) in [5, 5.41) is 8.84. The molecule has 1 aromatic rings. The van der Waals surface area contributed by atoms with Crippen molar-refractivity contribution in [3.63, 3.8) is 0 Å². The lowest BCUT2D eigenvalue weighted by Crippen LogP contribution is -2.41. The van der Waals surface area contributed by atoms with E-state index in [1.807, 2.05) is 13.8 Å². The van der Waals surface area contributed by atoms with Crippen LogP contribution in [0.25, 0.3) is 0 Å². The number of furan rings is 1. The van der Waals surface area contributed by atoms with Crippen LogP contribution in [0.15, 0.2) is 16.7 Å². The maximum absolute atomic E-state index is 12.3. The quantitative estimate of drug-likeness (QED) is 0.888. The summed E-state index contributed by atoms with van der Waals surface area (Å²) in [7, 11) is 0. The van der Waals surface area contributed by atoms with Crippen molar-refractivity contribution < 1.29 is 19.1 Å². The number of carboxylic acids is 1. The molecule has 5 nitrogen and oxygen atoms in total. The molecule has 1 saturated carbocycles. The third-order valence-electron chi connectivity index (χ3n) is 3.62. The second-order valence-corrected chi connectivity index (χ2v) is 5.35. The molecule has 1 aliphatic carbocycles. The van der Waals surface area contributed by atoms with Crippen LogP contribution >= 0.6 is 0 Å². The Morgan fingerprint density at radius 3 is 2.58 bits per heavy atom. The van der Waals surface area contributed by atoms with Gasteiger partial charge in [0.1, 0.15) is 6.26 Å². The molecule has 1 N–H and O–H groups in total. The highest BCUT2D eigenvalue weighted by Crippen LogP contribution is 2.28. The molecule has 104 valence electrons. The average molecular weight is 265 g/mol. The number of hydrogen-bond donors (Lipinski definition) is 1. The molecule has 0 spiro atoms. The highest BCUT2D eigenvalue weighted by atomic mass is 16.4. The van der Waals surface area contributed by atoms with Gasteiger partial charge in [-0.05, 0) is 32.6 Å². The van der Waals surface area contributed by atoms with Crippen LogP contribution in [0.3, 0.4) is 0 Å². The molecule has 0 atom stereocenters.